The molecule has 20 heavy (non-hydrogen) atoms. The zero-order chi connectivity index (χ0) is 15.3. The van der Waals surface area contributed by atoms with Crippen molar-refractivity contribution < 1.29 is 18.4 Å². The van der Waals surface area contributed by atoms with Crippen LogP contribution in [-0.4, -0.2) is 16.9 Å². The van der Waals surface area contributed by atoms with Gasteiger partial charge in [-0.05, 0) is 18.3 Å². The Hall–Kier alpha value is -2.29. The average Bonchev–Trinajstić information content (AvgIpc) is 2.35. The fraction of sp³-hybridized carbons (Fsp3) is 0.182. The standard InChI is InChI=1S/C11H12F2N4O2S/c1-6(18)15-8-5-3-2-4-7(8)11(12,13)9(19)16-17-10(14)20/h2-5H,1H3,(H,15,18)(H,16,19)(H3,14,17,20). The number of benzene rings is 1. The van der Waals surface area contributed by atoms with E-state index in [0.29, 0.717) is 0 Å². The largest absolute Gasteiger partial charge is 0.375 e. The highest BCUT2D eigenvalue weighted by atomic mass is 32.1. The van der Waals surface area contributed by atoms with Gasteiger partial charge in [-0.2, -0.15) is 8.78 Å². The molecule has 1 aromatic rings. The molecule has 2 amide bonds. The van der Waals surface area contributed by atoms with Crippen LogP contribution in [0.1, 0.15) is 12.5 Å². The molecule has 0 radical (unpaired) electrons. The second kappa shape index (κ2) is 6.24. The Kier molecular flexibility index (Phi) is 4.92. The summed E-state index contributed by atoms with van der Waals surface area (Å²) in [5, 5.41) is 1.87. The number of nitrogens with two attached hydrogens (primary N) is 1. The lowest BCUT2D eigenvalue weighted by Gasteiger charge is -2.19. The lowest BCUT2D eigenvalue weighted by molar-refractivity contribution is -0.147. The zero-order valence-corrected chi connectivity index (χ0v) is 11.2. The van der Waals surface area contributed by atoms with E-state index in [2.05, 4.69) is 17.5 Å². The summed E-state index contributed by atoms with van der Waals surface area (Å²) in [5.74, 6) is -6.06. The van der Waals surface area contributed by atoms with E-state index in [1.165, 1.54) is 25.1 Å². The molecule has 0 spiro atoms. The number of nitrogens with one attached hydrogen (secondary N) is 3. The maximum Gasteiger partial charge on any atom is 0.353 e. The molecule has 6 nitrogen and oxygen atoms in total. The fourth-order valence-corrected chi connectivity index (χ4v) is 1.43. The van der Waals surface area contributed by atoms with Gasteiger partial charge < -0.3 is 11.1 Å². The summed E-state index contributed by atoms with van der Waals surface area (Å²) in [6.45, 7) is 1.17. The van der Waals surface area contributed by atoms with Crippen LogP contribution in [0.25, 0.3) is 0 Å². The molecule has 1 rings (SSSR count). The number of hydrazine groups is 1. The summed E-state index contributed by atoms with van der Waals surface area (Å²) in [6.07, 6.45) is 0. The van der Waals surface area contributed by atoms with Crippen LogP contribution < -0.4 is 21.9 Å². The van der Waals surface area contributed by atoms with E-state index in [1.54, 1.807) is 5.43 Å². The van der Waals surface area contributed by atoms with Gasteiger partial charge in [0.15, 0.2) is 5.11 Å². The molecule has 9 heteroatoms. The van der Waals surface area contributed by atoms with E-state index in [0.717, 1.165) is 6.07 Å². The van der Waals surface area contributed by atoms with Gasteiger partial charge in [0, 0.05) is 6.92 Å². The number of carbonyl (C=O) groups is 2. The van der Waals surface area contributed by atoms with Gasteiger partial charge in [0.2, 0.25) is 5.91 Å². The molecule has 0 fully saturated rings. The summed E-state index contributed by atoms with van der Waals surface area (Å²) in [6, 6.07) is 5.07. The van der Waals surface area contributed by atoms with Crippen molar-refractivity contribution in [1.82, 2.24) is 10.9 Å². The van der Waals surface area contributed by atoms with Crippen molar-refractivity contribution in [3.63, 3.8) is 0 Å². The van der Waals surface area contributed by atoms with E-state index in [4.69, 9.17) is 5.73 Å². The van der Waals surface area contributed by atoms with Crippen molar-refractivity contribution in [3.8, 4) is 0 Å². The third-order valence-electron chi connectivity index (χ3n) is 2.16. The Morgan fingerprint density at radius 1 is 1.25 bits per heavy atom. The number of carbonyl (C=O) groups excluding carboxylic acids is 2. The lowest BCUT2D eigenvalue weighted by atomic mass is 10.1. The molecular formula is C11H12F2N4O2S. The number of amides is 2. The van der Waals surface area contributed by atoms with E-state index < -0.39 is 23.3 Å². The third kappa shape index (κ3) is 3.85. The molecule has 0 saturated carbocycles. The number of hydrogen-bond donors (Lipinski definition) is 4. The van der Waals surface area contributed by atoms with Gasteiger partial charge in [-0.15, -0.1) is 0 Å². The summed E-state index contributed by atoms with van der Waals surface area (Å²) < 4.78 is 28.0. The first-order chi connectivity index (χ1) is 9.25. The van der Waals surface area contributed by atoms with Gasteiger partial charge in [0.05, 0.1) is 11.3 Å². The van der Waals surface area contributed by atoms with Crippen LogP contribution in [0.3, 0.4) is 0 Å². The first kappa shape index (κ1) is 15.8. The van der Waals surface area contributed by atoms with Crippen LogP contribution in [0.4, 0.5) is 14.5 Å². The number of halogens is 2. The predicted octanol–water partition coefficient (Wildman–Crippen LogP) is 0.601. The number of para-hydroxylation sites is 1. The Balaban J connectivity index is 3.04. The van der Waals surface area contributed by atoms with Crippen LogP contribution in [0, 0.1) is 0 Å². The molecule has 0 aliphatic carbocycles. The highest BCUT2D eigenvalue weighted by molar-refractivity contribution is 7.80. The average molecular weight is 302 g/mol. The van der Waals surface area contributed by atoms with Gasteiger partial charge >= 0.3 is 11.8 Å². The van der Waals surface area contributed by atoms with E-state index >= 15 is 0 Å². The van der Waals surface area contributed by atoms with Crippen molar-refractivity contribution in [1.29, 1.82) is 0 Å². The van der Waals surface area contributed by atoms with E-state index in [9.17, 15) is 18.4 Å². The lowest BCUT2D eigenvalue weighted by Crippen LogP contribution is -2.50. The predicted molar refractivity (Wildman–Crippen MR) is 72.7 cm³/mol. The molecule has 0 unspecified atom stereocenters. The maximum atomic E-state index is 14.0. The van der Waals surface area contributed by atoms with Crippen molar-refractivity contribution in [3.05, 3.63) is 29.8 Å². The van der Waals surface area contributed by atoms with Gasteiger partial charge in [0.25, 0.3) is 0 Å². The smallest absolute Gasteiger partial charge is 0.353 e. The van der Waals surface area contributed by atoms with Crippen LogP contribution in [0.5, 0.6) is 0 Å². The van der Waals surface area contributed by atoms with Crippen molar-refractivity contribution >= 4 is 34.8 Å². The molecule has 5 N–H and O–H groups in total. The highest BCUT2D eigenvalue weighted by Gasteiger charge is 2.43. The Labute approximate surface area is 118 Å². The van der Waals surface area contributed by atoms with Gasteiger partial charge in [-0.1, -0.05) is 18.2 Å². The Morgan fingerprint density at radius 3 is 2.40 bits per heavy atom. The first-order valence-corrected chi connectivity index (χ1v) is 5.76. The van der Waals surface area contributed by atoms with Crippen LogP contribution in [0.2, 0.25) is 0 Å². The topological polar surface area (TPSA) is 96.2 Å². The van der Waals surface area contributed by atoms with Crippen molar-refractivity contribution in [2.45, 2.75) is 12.8 Å². The van der Waals surface area contributed by atoms with E-state index in [-0.39, 0.29) is 10.8 Å². The number of anilines is 1. The Morgan fingerprint density at radius 2 is 1.85 bits per heavy atom. The van der Waals surface area contributed by atoms with Crippen molar-refractivity contribution in [2.75, 3.05) is 5.32 Å². The second-order valence-electron chi connectivity index (χ2n) is 3.74. The number of hydrogen-bond acceptors (Lipinski definition) is 3. The zero-order valence-electron chi connectivity index (χ0n) is 10.4. The molecule has 0 bridgehead atoms. The maximum absolute atomic E-state index is 14.0. The molecule has 0 aliphatic rings. The molecule has 0 aliphatic heterocycles. The normalized spacial score (nSPS) is 10.6. The first-order valence-electron chi connectivity index (χ1n) is 5.36. The second-order valence-corrected chi connectivity index (χ2v) is 4.18. The number of rotatable bonds is 3. The summed E-state index contributed by atoms with van der Waals surface area (Å²) in [5.41, 5.74) is 7.83. The summed E-state index contributed by atoms with van der Waals surface area (Å²) >= 11 is 4.39. The molecule has 1 aromatic carbocycles. The fourth-order valence-electron chi connectivity index (χ4n) is 1.37. The Bertz CT molecular complexity index is 551. The quantitative estimate of drug-likeness (QED) is 0.484. The molecule has 0 heterocycles. The van der Waals surface area contributed by atoms with Crippen molar-refractivity contribution in [2.24, 2.45) is 5.73 Å². The molecular weight excluding hydrogens is 290 g/mol. The SMILES string of the molecule is CC(=O)Nc1ccccc1C(F)(F)C(=O)NNC(N)=S. The molecule has 108 valence electrons. The summed E-state index contributed by atoms with van der Waals surface area (Å²) in [7, 11) is 0. The molecule has 0 atom stereocenters. The number of thiocarbonyl (C=S) groups is 1. The summed E-state index contributed by atoms with van der Waals surface area (Å²) in [4.78, 5) is 22.4. The molecule has 0 saturated heterocycles. The highest BCUT2D eigenvalue weighted by Crippen LogP contribution is 2.33. The van der Waals surface area contributed by atoms with Gasteiger partial charge in [-0.25, -0.2) is 0 Å². The minimum Gasteiger partial charge on any atom is -0.375 e. The van der Waals surface area contributed by atoms with Gasteiger partial charge in [-0.3, -0.25) is 20.4 Å². The monoisotopic (exact) mass is 302 g/mol. The van der Waals surface area contributed by atoms with E-state index in [1.807, 2.05) is 5.43 Å². The molecule has 0 aromatic heterocycles. The van der Waals surface area contributed by atoms with Crippen LogP contribution in [-0.2, 0) is 15.5 Å². The van der Waals surface area contributed by atoms with Crippen LogP contribution >= 0.6 is 12.2 Å². The minimum absolute atomic E-state index is 0.157. The van der Waals surface area contributed by atoms with Gasteiger partial charge in [0.1, 0.15) is 0 Å². The number of alkyl halides is 2. The third-order valence-corrected chi connectivity index (χ3v) is 2.26. The minimum atomic E-state index is -3.88. The van der Waals surface area contributed by atoms with Crippen LogP contribution in [0.15, 0.2) is 24.3 Å².